The van der Waals surface area contributed by atoms with Crippen LogP contribution in [0.3, 0.4) is 0 Å². The minimum absolute atomic E-state index is 0.322. The molecule has 1 N–H and O–H groups in total. The second kappa shape index (κ2) is 5.43. The van der Waals surface area contributed by atoms with Gasteiger partial charge in [-0.1, -0.05) is 0 Å². The molecule has 16 heavy (non-hydrogen) atoms. The van der Waals surface area contributed by atoms with Crippen LogP contribution in [0.4, 0.5) is 0 Å². The average molecular weight is 225 g/mol. The van der Waals surface area contributed by atoms with Crippen molar-refractivity contribution in [2.24, 2.45) is 5.92 Å². The van der Waals surface area contributed by atoms with Gasteiger partial charge in [-0.2, -0.15) is 0 Å². The van der Waals surface area contributed by atoms with Crippen LogP contribution in [-0.4, -0.2) is 36.9 Å². The van der Waals surface area contributed by atoms with Crippen molar-refractivity contribution < 1.29 is 9.47 Å². The molecule has 0 bridgehead atoms. The zero-order chi connectivity index (χ0) is 11.4. The molecule has 0 aliphatic carbocycles. The number of hydrogen-bond donors (Lipinski definition) is 1. The van der Waals surface area contributed by atoms with Gasteiger partial charge in [-0.15, -0.1) is 0 Å². The van der Waals surface area contributed by atoms with Crippen LogP contribution in [0.15, 0.2) is 12.5 Å². The Hall–Kier alpha value is -0.910. The van der Waals surface area contributed by atoms with Gasteiger partial charge in [-0.3, -0.25) is 0 Å². The number of ether oxygens (including phenoxy) is 2. The Labute approximate surface area is 95.8 Å². The molecule has 2 heterocycles. The minimum Gasteiger partial charge on any atom is -0.350 e. The third-order valence-electron chi connectivity index (χ3n) is 3.03. The van der Waals surface area contributed by atoms with Gasteiger partial charge < -0.3 is 19.4 Å². The fourth-order valence-electron chi connectivity index (χ4n) is 2.17. The van der Waals surface area contributed by atoms with Crippen LogP contribution in [0.2, 0.25) is 0 Å². The highest BCUT2D eigenvalue weighted by Crippen LogP contribution is 2.19. The number of hydrogen-bond acceptors (Lipinski definition) is 4. The molecule has 0 aromatic carbocycles. The van der Waals surface area contributed by atoms with E-state index in [2.05, 4.69) is 14.9 Å². The molecule has 1 aliphatic rings. The first kappa shape index (κ1) is 11.6. The molecular weight excluding hydrogens is 206 g/mol. The maximum absolute atomic E-state index is 5.25. The highest BCUT2D eigenvalue weighted by atomic mass is 16.7. The van der Waals surface area contributed by atoms with E-state index in [1.54, 1.807) is 20.4 Å². The zero-order valence-corrected chi connectivity index (χ0v) is 9.85. The molecular formula is C11H19N3O2. The van der Waals surface area contributed by atoms with Crippen molar-refractivity contribution in [1.82, 2.24) is 14.9 Å². The van der Waals surface area contributed by atoms with Gasteiger partial charge in [-0.25, -0.2) is 4.98 Å². The number of imidazole rings is 1. The molecule has 0 saturated carbocycles. The average Bonchev–Trinajstić information content (AvgIpc) is 2.93. The summed E-state index contributed by atoms with van der Waals surface area (Å²) < 4.78 is 12.6. The van der Waals surface area contributed by atoms with E-state index in [-0.39, 0.29) is 6.29 Å². The number of rotatable bonds is 5. The van der Waals surface area contributed by atoms with Gasteiger partial charge in [0.1, 0.15) is 0 Å². The van der Waals surface area contributed by atoms with Crippen molar-refractivity contribution >= 4 is 0 Å². The van der Waals surface area contributed by atoms with Crippen LogP contribution in [0.5, 0.6) is 0 Å². The maximum Gasteiger partial charge on any atom is 0.200 e. The Bertz CT molecular complexity index is 317. The largest absolute Gasteiger partial charge is 0.350 e. The predicted octanol–water partition coefficient (Wildman–Crippen LogP) is 0.784. The predicted molar refractivity (Wildman–Crippen MR) is 60.0 cm³/mol. The van der Waals surface area contributed by atoms with E-state index in [4.69, 9.17) is 9.47 Å². The number of aromatic nitrogens is 2. The van der Waals surface area contributed by atoms with Crippen LogP contribution >= 0.6 is 0 Å². The summed E-state index contributed by atoms with van der Waals surface area (Å²) in [6.07, 6.45) is 4.55. The first-order chi connectivity index (χ1) is 7.85. The topological polar surface area (TPSA) is 48.3 Å². The summed E-state index contributed by atoms with van der Waals surface area (Å²) in [6, 6.07) is 0. The molecule has 1 aliphatic heterocycles. The second-order valence-corrected chi connectivity index (χ2v) is 4.13. The van der Waals surface area contributed by atoms with E-state index in [1.807, 2.05) is 6.33 Å². The lowest BCUT2D eigenvalue weighted by molar-refractivity contribution is -0.110. The Kier molecular flexibility index (Phi) is 3.93. The van der Waals surface area contributed by atoms with Crippen LogP contribution in [0, 0.1) is 5.92 Å². The minimum atomic E-state index is -0.322. The SMILES string of the molecule is COC(OC)c1cncn1CC1CCNC1. The summed E-state index contributed by atoms with van der Waals surface area (Å²) in [5.74, 6) is 0.683. The highest BCUT2D eigenvalue weighted by Gasteiger charge is 2.19. The Balaban J connectivity index is 2.05. The summed E-state index contributed by atoms with van der Waals surface area (Å²) in [5, 5.41) is 3.37. The first-order valence-corrected chi connectivity index (χ1v) is 5.61. The van der Waals surface area contributed by atoms with Crippen molar-refractivity contribution in [3.05, 3.63) is 18.2 Å². The third kappa shape index (κ3) is 2.42. The molecule has 1 unspecified atom stereocenters. The summed E-state index contributed by atoms with van der Waals surface area (Å²) in [4.78, 5) is 4.16. The number of nitrogens with one attached hydrogen (secondary N) is 1. The normalized spacial score (nSPS) is 20.8. The van der Waals surface area contributed by atoms with Crippen molar-refractivity contribution in [2.45, 2.75) is 19.3 Å². The van der Waals surface area contributed by atoms with E-state index >= 15 is 0 Å². The van der Waals surface area contributed by atoms with Crippen molar-refractivity contribution in [3.63, 3.8) is 0 Å². The van der Waals surface area contributed by atoms with Crippen molar-refractivity contribution in [2.75, 3.05) is 27.3 Å². The van der Waals surface area contributed by atoms with Crippen LogP contribution < -0.4 is 5.32 Å². The van der Waals surface area contributed by atoms with Crippen LogP contribution in [0.1, 0.15) is 18.4 Å². The summed E-state index contributed by atoms with van der Waals surface area (Å²) in [5.41, 5.74) is 0.983. The third-order valence-corrected chi connectivity index (χ3v) is 3.03. The maximum atomic E-state index is 5.25. The summed E-state index contributed by atoms with van der Waals surface area (Å²) >= 11 is 0. The molecule has 5 heteroatoms. The lowest BCUT2D eigenvalue weighted by atomic mass is 10.1. The second-order valence-electron chi connectivity index (χ2n) is 4.13. The fraction of sp³-hybridized carbons (Fsp3) is 0.727. The van der Waals surface area contributed by atoms with Crippen molar-refractivity contribution in [1.29, 1.82) is 0 Å². The lowest BCUT2D eigenvalue weighted by Crippen LogP contribution is -2.17. The van der Waals surface area contributed by atoms with Gasteiger partial charge in [0.25, 0.3) is 0 Å². The molecule has 1 aromatic heterocycles. The van der Waals surface area contributed by atoms with Gasteiger partial charge in [0.15, 0.2) is 6.29 Å². The quantitative estimate of drug-likeness (QED) is 0.752. The lowest BCUT2D eigenvalue weighted by Gasteiger charge is -2.17. The number of methoxy groups -OCH3 is 2. The van der Waals surface area contributed by atoms with E-state index in [0.717, 1.165) is 25.3 Å². The van der Waals surface area contributed by atoms with Gasteiger partial charge in [0.05, 0.1) is 18.2 Å². The van der Waals surface area contributed by atoms with Crippen molar-refractivity contribution in [3.8, 4) is 0 Å². The molecule has 1 saturated heterocycles. The Morgan fingerprint density at radius 2 is 2.38 bits per heavy atom. The molecule has 1 fully saturated rings. The smallest absolute Gasteiger partial charge is 0.200 e. The molecule has 0 spiro atoms. The fourth-order valence-corrected chi connectivity index (χ4v) is 2.17. The van der Waals surface area contributed by atoms with Gasteiger partial charge in [0, 0.05) is 20.8 Å². The molecule has 5 nitrogen and oxygen atoms in total. The van der Waals surface area contributed by atoms with E-state index in [1.165, 1.54) is 6.42 Å². The molecule has 0 radical (unpaired) electrons. The first-order valence-electron chi connectivity index (χ1n) is 5.61. The molecule has 1 atom stereocenters. The zero-order valence-electron chi connectivity index (χ0n) is 9.85. The van der Waals surface area contributed by atoms with E-state index < -0.39 is 0 Å². The Morgan fingerprint density at radius 1 is 1.56 bits per heavy atom. The molecule has 1 aromatic rings. The molecule has 0 amide bonds. The highest BCUT2D eigenvalue weighted by molar-refractivity contribution is 5.01. The van der Waals surface area contributed by atoms with Gasteiger partial charge >= 0.3 is 0 Å². The standard InChI is InChI=1S/C11H19N3O2/c1-15-11(16-2)10-6-13-8-14(10)7-9-3-4-12-5-9/h6,8-9,11-12H,3-5,7H2,1-2H3. The molecule has 2 rings (SSSR count). The van der Waals surface area contributed by atoms with E-state index in [9.17, 15) is 0 Å². The van der Waals surface area contributed by atoms with Crippen LogP contribution in [-0.2, 0) is 16.0 Å². The Morgan fingerprint density at radius 3 is 3.00 bits per heavy atom. The number of nitrogens with zero attached hydrogens (tertiary/aromatic N) is 2. The van der Waals surface area contributed by atoms with Gasteiger partial charge in [-0.05, 0) is 25.4 Å². The van der Waals surface area contributed by atoms with Crippen LogP contribution in [0.25, 0.3) is 0 Å². The summed E-state index contributed by atoms with van der Waals surface area (Å²) in [7, 11) is 3.28. The van der Waals surface area contributed by atoms with E-state index in [0.29, 0.717) is 5.92 Å². The summed E-state index contributed by atoms with van der Waals surface area (Å²) in [6.45, 7) is 3.18. The molecule has 90 valence electrons. The monoisotopic (exact) mass is 225 g/mol. The van der Waals surface area contributed by atoms with Gasteiger partial charge in [0.2, 0.25) is 0 Å².